The molecule has 0 atom stereocenters. The minimum atomic E-state index is 0. The average Bonchev–Trinajstić information content (AvgIpc) is 3.09. The van der Waals surface area contributed by atoms with E-state index in [9.17, 15) is 0 Å². The van der Waals surface area contributed by atoms with E-state index in [-0.39, 0.29) is 37.2 Å². The van der Waals surface area contributed by atoms with Crippen LogP contribution < -0.4 is 5.73 Å². The zero-order chi connectivity index (χ0) is 16.4. The van der Waals surface area contributed by atoms with Gasteiger partial charge in [-0.05, 0) is 13.8 Å². The van der Waals surface area contributed by atoms with E-state index in [0.717, 1.165) is 50.8 Å². The SMILES string of the molecule is Cc1nn(C)c(C)c1CN1CCN(Cc2noc(CN)n2)CC1.Cl.Cl.Cl. The standard InChI is InChI=1S/C15H25N7O.3ClH/c1-11-13(12(2)20(3)18-11)9-21-4-6-22(7-5-21)10-14-17-15(8-16)23-19-14;;;/h4-10,16H2,1-3H3;3*1H. The third-order valence-corrected chi connectivity index (χ3v) is 4.56. The molecule has 0 amide bonds. The molecule has 1 fully saturated rings. The van der Waals surface area contributed by atoms with Crippen LogP contribution in [0.3, 0.4) is 0 Å². The van der Waals surface area contributed by atoms with Gasteiger partial charge in [-0.2, -0.15) is 10.1 Å². The summed E-state index contributed by atoms with van der Waals surface area (Å²) in [6.07, 6.45) is 0. The molecule has 0 aromatic carbocycles. The maximum atomic E-state index is 5.49. The van der Waals surface area contributed by atoms with Crippen LogP contribution in [-0.2, 0) is 26.7 Å². The summed E-state index contributed by atoms with van der Waals surface area (Å²) in [6.45, 7) is 10.3. The molecule has 1 aliphatic heterocycles. The summed E-state index contributed by atoms with van der Waals surface area (Å²) in [5, 5.41) is 8.46. The molecule has 150 valence electrons. The molecule has 26 heavy (non-hydrogen) atoms. The lowest BCUT2D eigenvalue weighted by molar-refractivity contribution is 0.119. The fraction of sp³-hybridized carbons (Fsp3) is 0.667. The molecule has 2 aromatic heterocycles. The molecule has 3 rings (SSSR count). The maximum absolute atomic E-state index is 5.49. The monoisotopic (exact) mass is 427 g/mol. The van der Waals surface area contributed by atoms with Crippen molar-refractivity contribution in [3.8, 4) is 0 Å². The van der Waals surface area contributed by atoms with E-state index >= 15 is 0 Å². The number of nitrogens with zero attached hydrogens (tertiary/aromatic N) is 6. The smallest absolute Gasteiger partial charge is 0.240 e. The van der Waals surface area contributed by atoms with Crippen molar-refractivity contribution in [3.05, 3.63) is 28.7 Å². The fourth-order valence-electron chi connectivity index (χ4n) is 3.01. The molecule has 0 bridgehead atoms. The van der Waals surface area contributed by atoms with Gasteiger partial charge in [-0.25, -0.2) is 0 Å². The number of halogens is 3. The third kappa shape index (κ3) is 5.80. The summed E-state index contributed by atoms with van der Waals surface area (Å²) in [4.78, 5) is 9.10. The first-order valence-electron chi connectivity index (χ1n) is 8.02. The minimum absolute atomic E-state index is 0. The van der Waals surface area contributed by atoms with Crippen molar-refractivity contribution in [1.82, 2.24) is 29.7 Å². The van der Waals surface area contributed by atoms with E-state index in [0.29, 0.717) is 12.4 Å². The molecule has 0 spiro atoms. The average molecular weight is 429 g/mol. The second-order valence-electron chi connectivity index (χ2n) is 6.13. The second-order valence-corrected chi connectivity index (χ2v) is 6.13. The summed E-state index contributed by atoms with van der Waals surface area (Å²) in [5.74, 6) is 1.22. The number of nitrogens with two attached hydrogens (primary N) is 1. The van der Waals surface area contributed by atoms with Gasteiger partial charge in [-0.1, -0.05) is 5.16 Å². The Kier molecular flexibility index (Phi) is 10.7. The minimum Gasteiger partial charge on any atom is -0.338 e. The van der Waals surface area contributed by atoms with E-state index in [1.807, 2.05) is 11.7 Å². The predicted octanol–water partition coefficient (Wildman–Crippen LogP) is 1.46. The van der Waals surface area contributed by atoms with Gasteiger partial charge in [0.15, 0.2) is 5.82 Å². The number of piperazine rings is 1. The van der Waals surface area contributed by atoms with Gasteiger partial charge in [-0.15, -0.1) is 37.2 Å². The quantitative estimate of drug-likeness (QED) is 0.771. The number of aromatic nitrogens is 4. The maximum Gasteiger partial charge on any atom is 0.240 e. The number of aryl methyl sites for hydroxylation is 2. The molecule has 0 unspecified atom stereocenters. The van der Waals surface area contributed by atoms with Crippen LogP contribution in [0, 0.1) is 13.8 Å². The molecule has 0 saturated carbocycles. The number of rotatable bonds is 5. The summed E-state index contributed by atoms with van der Waals surface area (Å²) in [6, 6.07) is 0. The van der Waals surface area contributed by atoms with Gasteiger partial charge in [0.1, 0.15) is 0 Å². The van der Waals surface area contributed by atoms with E-state index < -0.39 is 0 Å². The second kappa shape index (κ2) is 11.1. The summed E-state index contributed by atoms with van der Waals surface area (Å²) in [5.41, 5.74) is 9.23. The van der Waals surface area contributed by atoms with Crippen LogP contribution in [0.15, 0.2) is 4.52 Å². The summed E-state index contributed by atoms with van der Waals surface area (Å²) < 4.78 is 7.02. The lowest BCUT2D eigenvalue weighted by Gasteiger charge is -2.34. The first kappa shape index (κ1) is 25.1. The largest absolute Gasteiger partial charge is 0.338 e. The van der Waals surface area contributed by atoms with Gasteiger partial charge in [0.05, 0.1) is 18.8 Å². The van der Waals surface area contributed by atoms with Crippen molar-refractivity contribution in [1.29, 1.82) is 0 Å². The third-order valence-electron chi connectivity index (χ3n) is 4.56. The van der Waals surface area contributed by atoms with Crippen LogP contribution in [-0.4, -0.2) is 55.9 Å². The summed E-state index contributed by atoms with van der Waals surface area (Å²) in [7, 11) is 2.00. The highest BCUT2D eigenvalue weighted by atomic mass is 35.5. The molecule has 3 heterocycles. The van der Waals surface area contributed by atoms with E-state index in [2.05, 4.69) is 38.9 Å². The molecule has 0 aliphatic carbocycles. The van der Waals surface area contributed by atoms with Gasteiger partial charge in [-0.3, -0.25) is 14.5 Å². The molecule has 11 heteroatoms. The van der Waals surface area contributed by atoms with Gasteiger partial charge in [0.2, 0.25) is 5.89 Å². The van der Waals surface area contributed by atoms with Crippen LogP contribution in [0.1, 0.15) is 28.7 Å². The molecule has 2 aromatic rings. The van der Waals surface area contributed by atoms with E-state index in [4.69, 9.17) is 10.3 Å². The molecule has 0 radical (unpaired) electrons. The van der Waals surface area contributed by atoms with E-state index in [1.54, 1.807) is 0 Å². The van der Waals surface area contributed by atoms with Crippen molar-refractivity contribution < 1.29 is 4.52 Å². The van der Waals surface area contributed by atoms with Crippen LogP contribution >= 0.6 is 37.2 Å². The van der Waals surface area contributed by atoms with Crippen molar-refractivity contribution in [2.75, 3.05) is 26.2 Å². The Hall–Kier alpha value is -0.900. The Balaban J connectivity index is 0.00000208. The van der Waals surface area contributed by atoms with Crippen molar-refractivity contribution in [2.45, 2.75) is 33.5 Å². The van der Waals surface area contributed by atoms with Crippen LogP contribution in [0.4, 0.5) is 0 Å². The topological polar surface area (TPSA) is 89.2 Å². The Labute approximate surface area is 172 Å². The normalized spacial score (nSPS) is 15.1. The van der Waals surface area contributed by atoms with Gasteiger partial charge >= 0.3 is 0 Å². The Bertz CT molecular complexity index is 668. The predicted molar refractivity (Wildman–Crippen MR) is 107 cm³/mol. The molecular formula is C15H28Cl3N7O. The Morgan fingerprint density at radius 1 is 1.00 bits per heavy atom. The molecule has 1 aliphatic rings. The van der Waals surface area contributed by atoms with Gasteiger partial charge in [0.25, 0.3) is 0 Å². The first-order valence-corrected chi connectivity index (χ1v) is 8.02. The molecule has 8 nitrogen and oxygen atoms in total. The number of hydrogen-bond donors (Lipinski definition) is 1. The van der Waals surface area contributed by atoms with Crippen LogP contribution in [0.5, 0.6) is 0 Å². The Morgan fingerprint density at radius 3 is 2.04 bits per heavy atom. The highest BCUT2D eigenvalue weighted by molar-refractivity contribution is 5.86. The van der Waals surface area contributed by atoms with Crippen LogP contribution in [0.25, 0.3) is 0 Å². The first-order chi connectivity index (χ1) is 11.1. The van der Waals surface area contributed by atoms with Crippen molar-refractivity contribution in [2.24, 2.45) is 12.8 Å². The zero-order valence-corrected chi connectivity index (χ0v) is 17.8. The molecule has 1 saturated heterocycles. The van der Waals surface area contributed by atoms with Crippen molar-refractivity contribution >= 4 is 37.2 Å². The van der Waals surface area contributed by atoms with Crippen LogP contribution in [0.2, 0.25) is 0 Å². The van der Waals surface area contributed by atoms with Gasteiger partial charge < -0.3 is 10.3 Å². The zero-order valence-electron chi connectivity index (χ0n) is 15.3. The molecule has 2 N–H and O–H groups in total. The summed E-state index contributed by atoms with van der Waals surface area (Å²) >= 11 is 0. The van der Waals surface area contributed by atoms with E-state index in [1.165, 1.54) is 11.3 Å². The lowest BCUT2D eigenvalue weighted by Crippen LogP contribution is -2.45. The highest BCUT2D eigenvalue weighted by Gasteiger charge is 2.21. The Morgan fingerprint density at radius 2 is 1.58 bits per heavy atom. The van der Waals surface area contributed by atoms with Gasteiger partial charge in [0, 0.05) is 51.0 Å². The lowest BCUT2D eigenvalue weighted by atomic mass is 10.1. The highest BCUT2D eigenvalue weighted by Crippen LogP contribution is 2.16. The van der Waals surface area contributed by atoms with Crippen molar-refractivity contribution in [3.63, 3.8) is 0 Å². The fourth-order valence-corrected chi connectivity index (χ4v) is 3.01. The number of hydrogen-bond acceptors (Lipinski definition) is 7. The molecular weight excluding hydrogens is 401 g/mol.